The van der Waals surface area contributed by atoms with Crippen LogP contribution in [0.25, 0.3) is 0 Å². The van der Waals surface area contributed by atoms with E-state index in [0.717, 1.165) is 37.1 Å². The van der Waals surface area contributed by atoms with Gasteiger partial charge in [-0.3, -0.25) is 0 Å². The minimum Gasteiger partial charge on any atom is -0.493 e. The Balaban J connectivity index is 1.53. The van der Waals surface area contributed by atoms with Gasteiger partial charge in [-0.25, -0.2) is 0 Å². The predicted molar refractivity (Wildman–Crippen MR) is 112 cm³/mol. The second-order valence-corrected chi connectivity index (χ2v) is 8.46. The number of halogens is 1. The first-order valence-electron chi connectivity index (χ1n) is 8.00. The maximum atomic E-state index is 6.01. The summed E-state index contributed by atoms with van der Waals surface area (Å²) in [5.74, 6) is 1.98. The molecule has 26 heavy (non-hydrogen) atoms. The summed E-state index contributed by atoms with van der Waals surface area (Å²) >= 11 is 6.93. The van der Waals surface area contributed by atoms with Crippen molar-refractivity contribution < 1.29 is 9.47 Å². The number of ether oxygens (including phenoxy) is 2. The first-order chi connectivity index (χ1) is 12.7. The van der Waals surface area contributed by atoms with E-state index in [2.05, 4.69) is 39.4 Å². The van der Waals surface area contributed by atoms with Gasteiger partial charge in [0, 0.05) is 31.3 Å². The van der Waals surface area contributed by atoms with Gasteiger partial charge in [0.25, 0.3) is 0 Å². The second-order valence-electron chi connectivity index (χ2n) is 5.56. The van der Waals surface area contributed by atoms with E-state index in [1.807, 2.05) is 42.5 Å². The highest BCUT2D eigenvalue weighted by Crippen LogP contribution is 2.48. The van der Waals surface area contributed by atoms with Crippen LogP contribution in [0.1, 0.15) is 0 Å². The van der Waals surface area contributed by atoms with Crippen LogP contribution in [0, 0.1) is 0 Å². The molecule has 0 unspecified atom stereocenters. The molecule has 0 fully saturated rings. The summed E-state index contributed by atoms with van der Waals surface area (Å²) in [5.41, 5.74) is 2.15. The zero-order valence-corrected chi connectivity index (χ0v) is 17.2. The number of thioether (sulfide) groups is 1. The molecule has 0 saturated carbocycles. The number of hydrogen-bond donors (Lipinski definition) is 1. The van der Waals surface area contributed by atoms with Gasteiger partial charge in [0.1, 0.15) is 5.94 Å². The number of nitrogens with one attached hydrogen (secondary N) is 1. The Hall–Kier alpha value is -1.76. The fourth-order valence-electron chi connectivity index (χ4n) is 2.64. The van der Waals surface area contributed by atoms with Crippen molar-refractivity contribution in [2.45, 2.75) is 14.7 Å². The third-order valence-electron chi connectivity index (χ3n) is 3.91. The zero-order chi connectivity index (χ0) is 17.9. The fourth-order valence-corrected chi connectivity index (χ4v) is 4.96. The van der Waals surface area contributed by atoms with Gasteiger partial charge in [-0.2, -0.15) is 0 Å². The second kappa shape index (κ2) is 7.86. The lowest BCUT2D eigenvalue weighted by atomic mass is 10.2. The van der Waals surface area contributed by atoms with Gasteiger partial charge in [0.2, 0.25) is 0 Å². The Morgan fingerprint density at radius 3 is 2.62 bits per heavy atom. The van der Waals surface area contributed by atoms with Crippen LogP contribution in [0.4, 0.5) is 11.4 Å². The van der Waals surface area contributed by atoms with Gasteiger partial charge in [-0.05, 0) is 40.2 Å². The predicted octanol–water partition coefficient (Wildman–Crippen LogP) is 6.79. The first-order valence-corrected chi connectivity index (χ1v) is 10.6. The third kappa shape index (κ3) is 3.68. The molecule has 0 aromatic heterocycles. The molecular weight excluding hydrogens is 430 g/mol. The van der Waals surface area contributed by atoms with Crippen LogP contribution in [0.3, 0.4) is 0 Å². The van der Waals surface area contributed by atoms with E-state index in [9.17, 15) is 0 Å². The van der Waals surface area contributed by atoms with Crippen molar-refractivity contribution in [1.29, 1.82) is 0 Å². The smallest absolute Gasteiger partial charge is 0.164 e. The van der Waals surface area contributed by atoms with Gasteiger partial charge in [-0.15, -0.1) is 0 Å². The van der Waals surface area contributed by atoms with E-state index in [1.165, 1.54) is 4.90 Å². The van der Waals surface area contributed by atoms with Crippen molar-refractivity contribution in [2.24, 2.45) is 0 Å². The average Bonchev–Trinajstić information content (AvgIpc) is 2.67. The Labute approximate surface area is 169 Å². The minimum atomic E-state index is 0.501. The molecule has 0 atom stereocenters. The highest BCUT2D eigenvalue weighted by atomic mass is 79.9. The molecule has 6 heteroatoms. The van der Waals surface area contributed by atoms with Crippen LogP contribution in [-0.2, 0) is 0 Å². The number of methoxy groups -OCH3 is 1. The molecule has 0 aliphatic carbocycles. The highest BCUT2D eigenvalue weighted by molar-refractivity contribution is 9.10. The maximum absolute atomic E-state index is 6.01. The zero-order valence-electron chi connectivity index (χ0n) is 14.0. The van der Waals surface area contributed by atoms with Crippen molar-refractivity contribution >= 4 is 50.8 Å². The van der Waals surface area contributed by atoms with Crippen LogP contribution < -0.4 is 14.8 Å². The summed E-state index contributed by atoms with van der Waals surface area (Å²) in [6, 6.07) is 20.4. The third-order valence-corrected chi connectivity index (χ3v) is 6.90. The molecule has 4 rings (SSSR count). The molecule has 1 aliphatic heterocycles. The molecule has 1 aliphatic rings. The molecule has 3 aromatic rings. The van der Waals surface area contributed by atoms with E-state index in [0.29, 0.717) is 5.94 Å². The Morgan fingerprint density at radius 2 is 1.77 bits per heavy atom. The minimum absolute atomic E-state index is 0.501. The average molecular weight is 446 g/mol. The van der Waals surface area contributed by atoms with Crippen LogP contribution in [-0.4, -0.2) is 13.0 Å². The van der Waals surface area contributed by atoms with Gasteiger partial charge >= 0.3 is 0 Å². The maximum Gasteiger partial charge on any atom is 0.164 e. The summed E-state index contributed by atoms with van der Waals surface area (Å²) in [4.78, 5) is 3.48. The molecule has 0 radical (unpaired) electrons. The normalized spacial score (nSPS) is 11.9. The van der Waals surface area contributed by atoms with Crippen LogP contribution in [0.15, 0.2) is 79.8 Å². The van der Waals surface area contributed by atoms with Gasteiger partial charge in [-0.1, -0.05) is 47.8 Å². The molecule has 3 aromatic carbocycles. The Morgan fingerprint density at radius 1 is 0.962 bits per heavy atom. The molecule has 1 heterocycles. The number of para-hydroxylation sites is 1. The number of hydrogen-bond acceptors (Lipinski definition) is 5. The molecule has 0 amide bonds. The Kier molecular flexibility index (Phi) is 5.33. The lowest BCUT2D eigenvalue weighted by Gasteiger charge is -2.22. The molecule has 132 valence electrons. The van der Waals surface area contributed by atoms with E-state index in [-0.39, 0.29) is 0 Å². The van der Waals surface area contributed by atoms with Crippen LogP contribution in [0.5, 0.6) is 11.5 Å². The first kappa shape index (κ1) is 17.6. The van der Waals surface area contributed by atoms with Crippen molar-refractivity contribution in [1.82, 2.24) is 0 Å². The van der Waals surface area contributed by atoms with Gasteiger partial charge in [0.05, 0.1) is 18.5 Å². The largest absolute Gasteiger partial charge is 0.493 e. The van der Waals surface area contributed by atoms with Crippen molar-refractivity contribution in [2.75, 3.05) is 18.4 Å². The molecule has 1 N–H and O–H groups in total. The Bertz CT molecular complexity index is 949. The molecule has 0 bridgehead atoms. The summed E-state index contributed by atoms with van der Waals surface area (Å²) in [7, 11) is 1.67. The van der Waals surface area contributed by atoms with E-state index in [1.54, 1.807) is 30.6 Å². The number of benzene rings is 3. The molecule has 0 saturated heterocycles. The summed E-state index contributed by atoms with van der Waals surface area (Å²) in [6.07, 6.45) is 0. The molecular formula is C20H16BrNO2S2. The SMILES string of the molecule is COc1cc2c(cc1OCSc1ccccc1Br)Nc1ccccc1S2. The number of fused-ring (bicyclic) bond motifs is 2. The van der Waals surface area contributed by atoms with Gasteiger partial charge < -0.3 is 14.8 Å². The quantitative estimate of drug-likeness (QED) is 0.269. The van der Waals surface area contributed by atoms with Crippen molar-refractivity contribution in [3.8, 4) is 11.5 Å². The fraction of sp³-hybridized carbons (Fsp3) is 0.100. The summed E-state index contributed by atoms with van der Waals surface area (Å²) < 4.78 is 12.6. The van der Waals surface area contributed by atoms with Gasteiger partial charge in [0.15, 0.2) is 11.5 Å². The van der Waals surface area contributed by atoms with Crippen molar-refractivity contribution in [3.05, 3.63) is 65.1 Å². The topological polar surface area (TPSA) is 30.5 Å². The molecule has 0 spiro atoms. The molecule has 3 nitrogen and oxygen atoms in total. The van der Waals surface area contributed by atoms with E-state index < -0.39 is 0 Å². The van der Waals surface area contributed by atoms with Crippen molar-refractivity contribution in [3.63, 3.8) is 0 Å². The summed E-state index contributed by atoms with van der Waals surface area (Å²) in [5, 5.41) is 3.48. The lowest BCUT2D eigenvalue weighted by Crippen LogP contribution is -2.02. The summed E-state index contributed by atoms with van der Waals surface area (Å²) in [6.45, 7) is 0. The highest BCUT2D eigenvalue weighted by Gasteiger charge is 2.19. The number of anilines is 2. The van der Waals surface area contributed by atoms with Crippen LogP contribution >= 0.6 is 39.5 Å². The van der Waals surface area contributed by atoms with Crippen LogP contribution in [0.2, 0.25) is 0 Å². The van der Waals surface area contributed by atoms with E-state index in [4.69, 9.17) is 9.47 Å². The monoisotopic (exact) mass is 445 g/mol. The van der Waals surface area contributed by atoms with E-state index >= 15 is 0 Å². The standard InChI is InChI=1S/C20H16BrNO2S2/c1-23-16-11-20-15(22-14-7-3-5-9-19(14)26-20)10-17(16)24-12-25-18-8-4-2-6-13(18)21/h2-11,22H,12H2,1H3. The lowest BCUT2D eigenvalue weighted by molar-refractivity contribution is 0.343. The number of rotatable bonds is 5.